The number of hydrogen-bond acceptors (Lipinski definition) is 7. The minimum absolute atomic E-state index is 0.0113. The first kappa shape index (κ1) is 27.5. The number of pyridine rings is 1. The lowest BCUT2D eigenvalue weighted by Crippen LogP contribution is -2.51. The largest absolute Gasteiger partial charge is 0.465 e. The average molecular weight is 576 g/mol. The van der Waals surface area contributed by atoms with Crippen molar-refractivity contribution in [3.8, 4) is 0 Å². The number of hydrogen-bond donors (Lipinski definition) is 3. The van der Waals surface area contributed by atoms with Gasteiger partial charge in [-0.15, -0.1) is 0 Å². The Morgan fingerprint density at radius 3 is 2.41 bits per heavy atom. The number of nitrogens with one attached hydrogen (secondary N) is 2. The number of benzene rings is 1. The maximum absolute atomic E-state index is 15.0. The predicted molar refractivity (Wildman–Crippen MR) is 136 cm³/mol. The molecule has 3 aromatic rings. The maximum atomic E-state index is 15.0. The fourth-order valence-electron chi connectivity index (χ4n) is 4.66. The van der Waals surface area contributed by atoms with E-state index in [0.717, 1.165) is 17.0 Å². The highest BCUT2D eigenvalue weighted by molar-refractivity contribution is 5.95. The summed E-state index contributed by atoms with van der Waals surface area (Å²) in [4.78, 5) is 55.9. The molecule has 2 aliphatic heterocycles. The summed E-state index contributed by atoms with van der Waals surface area (Å²) >= 11 is 0. The molecule has 3 N–H and O–H groups in total. The Bertz CT molecular complexity index is 1500. The lowest BCUT2D eigenvalue weighted by Gasteiger charge is -2.36. The molecule has 0 aliphatic carbocycles. The molecule has 2 saturated heterocycles. The lowest BCUT2D eigenvalue weighted by molar-refractivity contribution is -0.130. The summed E-state index contributed by atoms with van der Waals surface area (Å²) in [5, 5.41) is 13.3. The van der Waals surface area contributed by atoms with Gasteiger partial charge in [0.1, 0.15) is 28.9 Å². The van der Waals surface area contributed by atoms with E-state index >= 15 is 8.78 Å². The van der Waals surface area contributed by atoms with Crippen LogP contribution in [0.4, 0.5) is 34.1 Å². The van der Waals surface area contributed by atoms with E-state index in [-0.39, 0.29) is 62.9 Å². The van der Waals surface area contributed by atoms with Crippen molar-refractivity contribution in [1.29, 1.82) is 0 Å². The van der Waals surface area contributed by atoms with Gasteiger partial charge in [-0.05, 0) is 12.1 Å². The number of anilines is 2. The Labute approximate surface area is 230 Å². The molecule has 0 spiro atoms. The molecular formula is C25H24F3N7O6. The second kappa shape index (κ2) is 11.2. The first-order valence-corrected chi connectivity index (χ1v) is 12.5. The fourth-order valence-corrected chi connectivity index (χ4v) is 4.66. The van der Waals surface area contributed by atoms with Crippen molar-refractivity contribution in [2.45, 2.75) is 6.10 Å². The van der Waals surface area contributed by atoms with Gasteiger partial charge in [-0.3, -0.25) is 14.5 Å². The van der Waals surface area contributed by atoms with Gasteiger partial charge in [-0.1, -0.05) is 0 Å². The number of cyclic esters (lactones) is 1. The molecule has 216 valence electrons. The lowest BCUT2D eigenvalue weighted by atomic mass is 10.2. The van der Waals surface area contributed by atoms with Gasteiger partial charge < -0.3 is 34.7 Å². The van der Waals surface area contributed by atoms with E-state index in [4.69, 9.17) is 9.84 Å². The number of amides is 4. The van der Waals surface area contributed by atoms with Crippen LogP contribution in [-0.2, 0) is 9.53 Å². The number of carboxylic acid groups (broad SMARTS) is 1. The van der Waals surface area contributed by atoms with Gasteiger partial charge in [0.25, 0.3) is 5.91 Å². The van der Waals surface area contributed by atoms with Crippen LogP contribution in [0.2, 0.25) is 0 Å². The van der Waals surface area contributed by atoms with E-state index in [2.05, 4.69) is 15.6 Å². The summed E-state index contributed by atoms with van der Waals surface area (Å²) in [5.74, 6) is -3.34. The molecule has 0 unspecified atom stereocenters. The highest BCUT2D eigenvalue weighted by Crippen LogP contribution is 2.31. The van der Waals surface area contributed by atoms with E-state index in [9.17, 15) is 23.6 Å². The Morgan fingerprint density at radius 2 is 1.73 bits per heavy atom. The van der Waals surface area contributed by atoms with Crippen LogP contribution in [0.1, 0.15) is 10.5 Å². The number of fused-ring (bicyclic) bond motifs is 1. The third-order valence-electron chi connectivity index (χ3n) is 6.66. The Morgan fingerprint density at radius 1 is 1.02 bits per heavy atom. The molecule has 2 fully saturated rings. The number of ether oxygens (including phenoxy) is 1. The van der Waals surface area contributed by atoms with Crippen molar-refractivity contribution >= 4 is 41.0 Å². The smallest absolute Gasteiger partial charge is 0.414 e. The summed E-state index contributed by atoms with van der Waals surface area (Å²) in [6.07, 6.45) is -0.463. The zero-order chi connectivity index (χ0) is 29.3. The number of aromatic nitrogens is 2. The molecule has 4 amide bonds. The van der Waals surface area contributed by atoms with E-state index < -0.39 is 47.6 Å². The molecule has 0 bridgehead atoms. The van der Waals surface area contributed by atoms with Crippen molar-refractivity contribution in [1.82, 2.24) is 24.9 Å². The number of nitrogens with zero attached hydrogens (tertiary/aromatic N) is 5. The average Bonchev–Trinajstić information content (AvgIpc) is 3.53. The quantitative estimate of drug-likeness (QED) is 0.383. The summed E-state index contributed by atoms with van der Waals surface area (Å²) in [5.41, 5.74) is -0.0117. The number of carbonyl (C=O) groups is 4. The zero-order valence-corrected chi connectivity index (χ0v) is 21.3. The van der Waals surface area contributed by atoms with Crippen LogP contribution < -0.4 is 20.4 Å². The third-order valence-corrected chi connectivity index (χ3v) is 6.66. The second-order valence-electron chi connectivity index (χ2n) is 9.35. The third kappa shape index (κ3) is 5.95. The molecule has 5 rings (SSSR count). The topological polar surface area (TPSA) is 149 Å². The fraction of sp³-hybridized carbons (Fsp3) is 0.320. The van der Waals surface area contributed by atoms with E-state index in [1.807, 2.05) is 0 Å². The monoisotopic (exact) mass is 575 g/mol. The van der Waals surface area contributed by atoms with Crippen LogP contribution in [0, 0.1) is 17.5 Å². The maximum Gasteiger partial charge on any atom is 0.414 e. The molecular weight excluding hydrogens is 551 g/mol. The van der Waals surface area contributed by atoms with Gasteiger partial charge in [0.15, 0.2) is 11.6 Å². The number of carbonyl (C=O) groups excluding carboxylic acids is 3. The number of piperazine rings is 1. The van der Waals surface area contributed by atoms with Gasteiger partial charge in [0.2, 0.25) is 5.91 Å². The van der Waals surface area contributed by atoms with E-state index in [0.29, 0.717) is 5.65 Å². The number of rotatable bonds is 7. The van der Waals surface area contributed by atoms with Crippen molar-refractivity contribution in [2.75, 3.05) is 55.6 Å². The van der Waals surface area contributed by atoms with Gasteiger partial charge in [0.05, 0.1) is 25.3 Å². The Kier molecular flexibility index (Phi) is 7.54. The van der Waals surface area contributed by atoms with E-state index in [1.54, 1.807) is 0 Å². The second-order valence-corrected chi connectivity index (χ2v) is 9.35. The van der Waals surface area contributed by atoms with Crippen molar-refractivity contribution in [2.24, 2.45) is 0 Å². The van der Waals surface area contributed by atoms with Gasteiger partial charge in [0, 0.05) is 50.7 Å². The summed E-state index contributed by atoms with van der Waals surface area (Å²) in [7, 11) is 0. The first-order valence-electron chi connectivity index (χ1n) is 12.5. The minimum Gasteiger partial charge on any atom is -0.465 e. The van der Waals surface area contributed by atoms with Crippen LogP contribution in [-0.4, -0.2) is 95.3 Å². The number of imidazole rings is 1. The van der Waals surface area contributed by atoms with Crippen LogP contribution in [0.25, 0.3) is 5.65 Å². The molecule has 13 nitrogen and oxygen atoms in total. The molecule has 0 radical (unpaired) electrons. The van der Waals surface area contributed by atoms with Gasteiger partial charge in [-0.25, -0.2) is 27.7 Å². The van der Waals surface area contributed by atoms with Gasteiger partial charge in [-0.2, -0.15) is 0 Å². The SMILES string of the molecule is O=C(O)NC[C@H]1CN(c2cc(F)c(N3CCN(C(=O)CNC(=O)c4cn5cc(F)ccc5n4)CC3)c(F)c2)C(=O)O1. The van der Waals surface area contributed by atoms with Crippen LogP contribution >= 0.6 is 0 Å². The summed E-state index contributed by atoms with van der Waals surface area (Å²) in [6.45, 7) is -0.0920. The zero-order valence-electron chi connectivity index (χ0n) is 21.3. The first-order chi connectivity index (χ1) is 19.6. The van der Waals surface area contributed by atoms with Crippen molar-refractivity contribution < 1.29 is 42.2 Å². The number of halogens is 3. The normalized spacial score (nSPS) is 17.1. The van der Waals surface area contributed by atoms with Crippen LogP contribution in [0.3, 0.4) is 0 Å². The molecule has 0 saturated carbocycles. The summed E-state index contributed by atoms with van der Waals surface area (Å²) < 4.78 is 49.8. The molecule has 4 heterocycles. The van der Waals surface area contributed by atoms with Crippen LogP contribution in [0.15, 0.2) is 36.7 Å². The van der Waals surface area contributed by atoms with E-state index in [1.165, 1.54) is 38.7 Å². The molecule has 2 aromatic heterocycles. The van der Waals surface area contributed by atoms with Crippen molar-refractivity contribution in [3.05, 3.63) is 59.8 Å². The van der Waals surface area contributed by atoms with Crippen LogP contribution in [0.5, 0.6) is 0 Å². The molecule has 16 heteroatoms. The molecule has 1 atom stereocenters. The molecule has 2 aliphatic rings. The highest BCUT2D eigenvalue weighted by Gasteiger charge is 2.34. The summed E-state index contributed by atoms with van der Waals surface area (Å²) in [6, 6.07) is 4.61. The minimum atomic E-state index is -1.30. The van der Waals surface area contributed by atoms with Gasteiger partial charge >= 0.3 is 12.2 Å². The molecule has 1 aromatic carbocycles. The van der Waals surface area contributed by atoms with Crippen molar-refractivity contribution in [3.63, 3.8) is 0 Å². The molecule has 41 heavy (non-hydrogen) atoms. The Hall–Kier alpha value is -5.02. The predicted octanol–water partition coefficient (Wildman–Crippen LogP) is 1.42. The Balaban J connectivity index is 1.15. The standard InChI is InChI=1S/C25H24F3N7O6/c26-14-1-2-20-31-19(13-34(20)11-14)23(37)29-10-21(36)32-3-5-33(6-4-32)22-17(27)7-15(8-18(22)28)35-12-16(41-25(35)40)9-30-24(38)39/h1-2,7-8,11,13,16,30H,3-6,9-10,12H2,(H,29,37)(H,38,39)/t16-/m0/s1. The highest BCUT2D eigenvalue weighted by atomic mass is 19.1.